The van der Waals surface area contributed by atoms with E-state index in [1.807, 2.05) is 0 Å². The van der Waals surface area contributed by atoms with Crippen molar-refractivity contribution in [1.82, 2.24) is 0 Å². The minimum atomic E-state index is -0.628. The van der Waals surface area contributed by atoms with E-state index in [2.05, 4.69) is 0 Å². The monoisotopic (exact) mass is 219 g/mol. The van der Waals surface area contributed by atoms with Crippen molar-refractivity contribution in [3.8, 4) is 11.5 Å². The number of halogens is 2. The summed E-state index contributed by atoms with van der Waals surface area (Å²) in [7, 11) is 0. The quantitative estimate of drug-likeness (QED) is 0.825. The standard InChI is InChI=1S/C9H10FNO2.ClH/c10-4-7(11)6-2-1-3-8-9(6)13-5-12-8;/h1-3,7H,4-5,11H2;1H/t7-;/m0./s1. The lowest BCUT2D eigenvalue weighted by atomic mass is 10.1. The van der Waals surface area contributed by atoms with Crippen molar-refractivity contribution in [2.45, 2.75) is 6.04 Å². The molecule has 14 heavy (non-hydrogen) atoms. The summed E-state index contributed by atoms with van der Waals surface area (Å²) in [5, 5.41) is 0. The predicted molar refractivity (Wildman–Crippen MR) is 52.7 cm³/mol. The van der Waals surface area contributed by atoms with Gasteiger partial charge in [-0.05, 0) is 6.07 Å². The first-order valence-corrected chi connectivity index (χ1v) is 4.03. The van der Waals surface area contributed by atoms with Gasteiger partial charge in [-0.25, -0.2) is 4.39 Å². The molecule has 0 fully saturated rings. The zero-order chi connectivity index (χ0) is 9.26. The second-order valence-electron chi connectivity index (χ2n) is 2.84. The molecular formula is C9H11ClFNO2. The van der Waals surface area contributed by atoms with Crippen LogP contribution in [0.1, 0.15) is 11.6 Å². The molecule has 1 heterocycles. The zero-order valence-electron chi connectivity index (χ0n) is 7.40. The van der Waals surface area contributed by atoms with E-state index in [0.29, 0.717) is 17.1 Å². The summed E-state index contributed by atoms with van der Waals surface area (Å²) < 4.78 is 22.6. The molecule has 0 saturated carbocycles. The summed E-state index contributed by atoms with van der Waals surface area (Å²) in [4.78, 5) is 0. The highest BCUT2D eigenvalue weighted by Crippen LogP contribution is 2.37. The van der Waals surface area contributed by atoms with Gasteiger partial charge in [-0.15, -0.1) is 12.4 Å². The second kappa shape index (κ2) is 4.48. The van der Waals surface area contributed by atoms with Crippen LogP contribution in [0.25, 0.3) is 0 Å². The Balaban J connectivity index is 0.000000980. The molecule has 0 bridgehead atoms. The maximum atomic E-state index is 12.3. The van der Waals surface area contributed by atoms with E-state index in [9.17, 15) is 4.39 Å². The average Bonchev–Trinajstić information content (AvgIpc) is 2.63. The lowest BCUT2D eigenvalue weighted by Crippen LogP contribution is -2.12. The van der Waals surface area contributed by atoms with Crippen molar-refractivity contribution in [1.29, 1.82) is 0 Å². The molecule has 2 rings (SSSR count). The smallest absolute Gasteiger partial charge is 0.231 e. The minimum Gasteiger partial charge on any atom is -0.454 e. The number of para-hydroxylation sites is 1. The van der Waals surface area contributed by atoms with Crippen LogP contribution < -0.4 is 15.2 Å². The van der Waals surface area contributed by atoms with E-state index >= 15 is 0 Å². The van der Waals surface area contributed by atoms with Crippen LogP contribution in [-0.4, -0.2) is 13.5 Å². The van der Waals surface area contributed by atoms with Gasteiger partial charge in [-0.3, -0.25) is 0 Å². The highest BCUT2D eigenvalue weighted by atomic mass is 35.5. The van der Waals surface area contributed by atoms with Gasteiger partial charge in [0.25, 0.3) is 0 Å². The Morgan fingerprint density at radius 3 is 2.93 bits per heavy atom. The summed E-state index contributed by atoms with van der Waals surface area (Å²) in [6.45, 7) is -0.412. The van der Waals surface area contributed by atoms with Crippen molar-refractivity contribution < 1.29 is 13.9 Å². The summed E-state index contributed by atoms with van der Waals surface area (Å²) in [5.74, 6) is 1.22. The third-order valence-corrected chi connectivity index (χ3v) is 1.99. The number of rotatable bonds is 2. The van der Waals surface area contributed by atoms with Crippen LogP contribution in [0.3, 0.4) is 0 Å². The Labute approximate surface area is 87.4 Å². The van der Waals surface area contributed by atoms with E-state index in [4.69, 9.17) is 15.2 Å². The molecule has 1 aromatic carbocycles. The molecule has 78 valence electrons. The molecule has 1 aliphatic heterocycles. The van der Waals surface area contributed by atoms with Gasteiger partial charge >= 0.3 is 0 Å². The Bertz CT molecular complexity index is 322. The molecule has 0 unspecified atom stereocenters. The topological polar surface area (TPSA) is 44.5 Å². The van der Waals surface area contributed by atoms with E-state index in [1.165, 1.54) is 0 Å². The van der Waals surface area contributed by atoms with Gasteiger partial charge in [0.05, 0.1) is 6.04 Å². The van der Waals surface area contributed by atoms with E-state index < -0.39 is 12.7 Å². The summed E-state index contributed by atoms with van der Waals surface area (Å²) in [5.41, 5.74) is 6.22. The molecule has 0 aromatic heterocycles. The third kappa shape index (κ3) is 1.76. The highest BCUT2D eigenvalue weighted by molar-refractivity contribution is 5.85. The Morgan fingerprint density at radius 2 is 2.21 bits per heavy atom. The molecule has 0 saturated heterocycles. The summed E-state index contributed by atoms with van der Waals surface area (Å²) in [6, 6.07) is 4.67. The number of fused-ring (bicyclic) bond motifs is 1. The number of ether oxygens (including phenoxy) is 2. The Hall–Kier alpha value is -1.00. The first-order valence-electron chi connectivity index (χ1n) is 4.03. The first-order chi connectivity index (χ1) is 6.33. The van der Waals surface area contributed by atoms with E-state index in [-0.39, 0.29) is 19.2 Å². The molecule has 1 aromatic rings. The van der Waals surface area contributed by atoms with Gasteiger partial charge in [-0.2, -0.15) is 0 Å². The van der Waals surface area contributed by atoms with E-state index in [1.54, 1.807) is 18.2 Å². The molecule has 1 aliphatic rings. The normalized spacial score (nSPS) is 14.7. The van der Waals surface area contributed by atoms with Crippen molar-refractivity contribution in [2.24, 2.45) is 5.73 Å². The van der Waals surface area contributed by atoms with Crippen molar-refractivity contribution in [2.75, 3.05) is 13.5 Å². The second-order valence-corrected chi connectivity index (χ2v) is 2.84. The van der Waals surface area contributed by atoms with Crippen LogP contribution >= 0.6 is 12.4 Å². The van der Waals surface area contributed by atoms with Crippen LogP contribution in [0.15, 0.2) is 18.2 Å². The maximum absolute atomic E-state index is 12.3. The van der Waals surface area contributed by atoms with Crippen LogP contribution in [0.4, 0.5) is 4.39 Å². The number of nitrogens with two attached hydrogens (primary N) is 1. The molecule has 1 atom stereocenters. The lowest BCUT2D eigenvalue weighted by molar-refractivity contribution is 0.172. The van der Waals surface area contributed by atoms with Gasteiger partial charge in [0, 0.05) is 5.56 Å². The third-order valence-electron chi connectivity index (χ3n) is 1.99. The average molecular weight is 220 g/mol. The fraction of sp³-hybridized carbons (Fsp3) is 0.333. The maximum Gasteiger partial charge on any atom is 0.231 e. The number of hydrogen-bond donors (Lipinski definition) is 1. The predicted octanol–water partition coefficient (Wildman–Crippen LogP) is 1.81. The van der Waals surface area contributed by atoms with Gasteiger partial charge in [0.15, 0.2) is 11.5 Å². The van der Waals surface area contributed by atoms with Gasteiger partial charge in [0.2, 0.25) is 6.79 Å². The zero-order valence-corrected chi connectivity index (χ0v) is 8.22. The number of alkyl halides is 1. The molecule has 3 nitrogen and oxygen atoms in total. The minimum absolute atomic E-state index is 0. The molecule has 0 amide bonds. The Morgan fingerprint density at radius 1 is 1.43 bits per heavy atom. The molecular weight excluding hydrogens is 209 g/mol. The van der Waals surface area contributed by atoms with Crippen LogP contribution in [-0.2, 0) is 0 Å². The highest BCUT2D eigenvalue weighted by Gasteiger charge is 2.20. The van der Waals surface area contributed by atoms with Crippen molar-refractivity contribution in [3.63, 3.8) is 0 Å². The van der Waals surface area contributed by atoms with Crippen LogP contribution in [0, 0.1) is 0 Å². The summed E-state index contributed by atoms with van der Waals surface area (Å²) >= 11 is 0. The largest absolute Gasteiger partial charge is 0.454 e. The summed E-state index contributed by atoms with van der Waals surface area (Å²) in [6.07, 6.45) is 0. The van der Waals surface area contributed by atoms with Gasteiger partial charge in [0.1, 0.15) is 6.67 Å². The Kier molecular flexibility index (Phi) is 3.55. The van der Waals surface area contributed by atoms with Crippen LogP contribution in [0.5, 0.6) is 11.5 Å². The van der Waals surface area contributed by atoms with Gasteiger partial charge in [-0.1, -0.05) is 12.1 Å². The van der Waals surface area contributed by atoms with E-state index in [0.717, 1.165) is 0 Å². The molecule has 2 N–H and O–H groups in total. The molecule has 0 spiro atoms. The molecule has 0 radical (unpaired) electrons. The first kappa shape index (κ1) is 11.1. The fourth-order valence-corrected chi connectivity index (χ4v) is 1.33. The number of hydrogen-bond acceptors (Lipinski definition) is 3. The van der Waals surface area contributed by atoms with Crippen LogP contribution in [0.2, 0.25) is 0 Å². The fourth-order valence-electron chi connectivity index (χ4n) is 1.33. The number of benzene rings is 1. The molecule has 5 heteroatoms. The van der Waals surface area contributed by atoms with Gasteiger partial charge < -0.3 is 15.2 Å². The van der Waals surface area contributed by atoms with Crippen molar-refractivity contribution in [3.05, 3.63) is 23.8 Å². The SMILES string of the molecule is Cl.N[C@@H](CF)c1cccc2c1OCO2. The lowest BCUT2D eigenvalue weighted by Gasteiger charge is -2.09. The van der Waals surface area contributed by atoms with Crippen molar-refractivity contribution >= 4 is 12.4 Å². The molecule has 0 aliphatic carbocycles.